The Morgan fingerprint density at radius 3 is 2.48 bits per heavy atom. The van der Waals surface area contributed by atoms with Gasteiger partial charge in [0.25, 0.3) is 0 Å². The molecule has 1 N–H and O–H groups in total. The summed E-state index contributed by atoms with van der Waals surface area (Å²) >= 11 is 0. The maximum Gasteiger partial charge on any atom is 0.226 e. The zero-order valence-electron chi connectivity index (χ0n) is 16.7. The molecule has 0 radical (unpaired) electrons. The van der Waals surface area contributed by atoms with Crippen LogP contribution in [0.25, 0.3) is 5.69 Å². The average molecular weight is 398 g/mol. The summed E-state index contributed by atoms with van der Waals surface area (Å²) in [7, 11) is 0. The minimum atomic E-state index is -0.898. The topological polar surface area (TPSA) is 50.2 Å². The second kappa shape index (κ2) is 8.86. The van der Waals surface area contributed by atoms with Gasteiger partial charge in [-0.1, -0.05) is 18.2 Å². The van der Waals surface area contributed by atoms with E-state index in [0.717, 1.165) is 29.2 Å². The molecule has 5 nitrogen and oxygen atoms in total. The van der Waals surface area contributed by atoms with Gasteiger partial charge in [0, 0.05) is 31.3 Å². The lowest BCUT2D eigenvalue weighted by molar-refractivity contribution is -0.116. The van der Waals surface area contributed by atoms with Gasteiger partial charge in [-0.15, -0.1) is 0 Å². The number of rotatable bonds is 7. The summed E-state index contributed by atoms with van der Waals surface area (Å²) in [5, 5.41) is 7.46. The lowest BCUT2D eigenvalue weighted by atomic mass is 10.2. The molecule has 3 rings (SSSR count). The quantitative estimate of drug-likeness (QED) is 0.632. The summed E-state index contributed by atoms with van der Waals surface area (Å²) in [5.41, 5.74) is 3.73. The first-order valence-electron chi connectivity index (χ1n) is 9.52. The highest BCUT2D eigenvalue weighted by atomic mass is 19.2. The summed E-state index contributed by atoms with van der Waals surface area (Å²) in [6.45, 7) is 6.61. The lowest BCUT2D eigenvalue weighted by Crippen LogP contribution is -2.27. The van der Waals surface area contributed by atoms with Crippen molar-refractivity contribution in [2.24, 2.45) is 0 Å². The molecule has 0 atom stereocenters. The smallest absolute Gasteiger partial charge is 0.226 e. The molecular weight excluding hydrogens is 374 g/mol. The molecule has 0 saturated heterocycles. The summed E-state index contributed by atoms with van der Waals surface area (Å²) in [4.78, 5) is 14.4. The van der Waals surface area contributed by atoms with Crippen molar-refractivity contribution in [1.82, 2.24) is 9.78 Å². The number of carbonyl (C=O) groups is 1. The summed E-state index contributed by atoms with van der Waals surface area (Å²) < 4.78 is 28.5. The lowest BCUT2D eigenvalue weighted by Gasteiger charge is -2.23. The minimum Gasteiger partial charge on any atom is -0.371 e. The fourth-order valence-electron chi connectivity index (χ4n) is 3.23. The number of aryl methyl sites for hydroxylation is 1. The Morgan fingerprint density at radius 1 is 1.10 bits per heavy atom. The fraction of sp³-hybridized carbons (Fsp3) is 0.273. The van der Waals surface area contributed by atoms with Crippen LogP contribution >= 0.6 is 0 Å². The van der Waals surface area contributed by atoms with Crippen LogP contribution in [-0.4, -0.2) is 28.8 Å². The van der Waals surface area contributed by atoms with E-state index >= 15 is 0 Å². The van der Waals surface area contributed by atoms with E-state index in [1.54, 1.807) is 4.68 Å². The molecule has 7 heteroatoms. The van der Waals surface area contributed by atoms with Crippen LogP contribution in [0.15, 0.2) is 48.5 Å². The standard InChI is InChI=1S/C22H24F2N4O/c1-4-27(18-10-11-19(23)20(24)14-18)13-12-21(29)25-22-15(2)26-28(16(22)3)17-8-6-5-7-9-17/h5-11,14H,4,12-13H2,1-3H3,(H,25,29). The van der Waals surface area contributed by atoms with Crippen molar-refractivity contribution in [3.63, 3.8) is 0 Å². The van der Waals surface area contributed by atoms with Gasteiger partial charge in [-0.25, -0.2) is 13.5 Å². The Balaban J connectivity index is 1.67. The van der Waals surface area contributed by atoms with Crippen molar-refractivity contribution in [1.29, 1.82) is 0 Å². The van der Waals surface area contributed by atoms with Crippen molar-refractivity contribution in [2.75, 3.05) is 23.3 Å². The van der Waals surface area contributed by atoms with Crippen LogP contribution in [0, 0.1) is 25.5 Å². The fourth-order valence-corrected chi connectivity index (χ4v) is 3.23. The molecule has 1 aromatic heterocycles. The highest BCUT2D eigenvalue weighted by molar-refractivity contribution is 5.92. The van der Waals surface area contributed by atoms with E-state index in [0.29, 0.717) is 24.5 Å². The number of halogens is 2. The summed E-state index contributed by atoms with van der Waals surface area (Å²) in [6.07, 6.45) is 0.211. The number of para-hydroxylation sites is 1. The Labute approximate surface area is 169 Å². The number of hydrogen-bond acceptors (Lipinski definition) is 3. The number of nitrogens with one attached hydrogen (secondary N) is 1. The number of aromatic nitrogens is 2. The van der Waals surface area contributed by atoms with Crippen LogP contribution < -0.4 is 10.2 Å². The summed E-state index contributed by atoms with van der Waals surface area (Å²) in [5.74, 6) is -1.95. The zero-order valence-corrected chi connectivity index (χ0v) is 16.7. The third-order valence-electron chi connectivity index (χ3n) is 4.82. The minimum absolute atomic E-state index is 0.162. The van der Waals surface area contributed by atoms with Crippen molar-refractivity contribution in [3.05, 3.63) is 71.6 Å². The monoisotopic (exact) mass is 398 g/mol. The maximum absolute atomic E-state index is 13.5. The van der Waals surface area contributed by atoms with E-state index in [1.807, 2.05) is 56.0 Å². The highest BCUT2D eigenvalue weighted by Gasteiger charge is 2.16. The van der Waals surface area contributed by atoms with E-state index in [1.165, 1.54) is 6.07 Å². The molecule has 29 heavy (non-hydrogen) atoms. The number of anilines is 2. The molecule has 0 bridgehead atoms. The van der Waals surface area contributed by atoms with Gasteiger partial charge >= 0.3 is 0 Å². The number of hydrogen-bond donors (Lipinski definition) is 1. The van der Waals surface area contributed by atoms with Crippen LogP contribution in [0.2, 0.25) is 0 Å². The van der Waals surface area contributed by atoms with E-state index in [-0.39, 0.29) is 12.3 Å². The Kier molecular flexibility index (Phi) is 6.26. The van der Waals surface area contributed by atoms with E-state index in [2.05, 4.69) is 10.4 Å². The van der Waals surface area contributed by atoms with Gasteiger partial charge in [-0.2, -0.15) is 5.10 Å². The second-order valence-corrected chi connectivity index (χ2v) is 6.77. The van der Waals surface area contributed by atoms with Gasteiger partial charge in [0.15, 0.2) is 11.6 Å². The Morgan fingerprint density at radius 2 is 1.83 bits per heavy atom. The van der Waals surface area contributed by atoms with Gasteiger partial charge in [0.05, 0.1) is 22.8 Å². The van der Waals surface area contributed by atoms with Crippen molar-refractivity contribution < 1.29 is 13.6 Å². The number of carbonyl (C=O) groups excluding carboxylic acids is 1. The van der Waals surface area contributed by atoms with Crippen LogP contribution in [0.1, 0.15) is 24.7 Å². The zero-order chi connectivity index (χ0) is 21.0. The van der Waals surface area contributed by atoms with Crippen molar-refractivity contribution in [2.45, 2.75) is 27.2 Å². The molecule has 1 heterocycles. The number of nitrogens with zero attached hydrogens (tertiary/aromatic N) is 3. The predicted octanol–water partition coefficient (Wildman–Crippen LogP) is 4.62. The molecule has 0 aliphatic rings. The summed E-state index contributed by atoms with van der Waals surface area (Å²) in [6, 6.07) is 13.5. The van der Waals surface area contributed by atoms with Crippen LogP contribution in [-0.2, 0) is 4.79 Å². The van der Waals surface area contributed by atoms with E-state index < -0.39 is 11.6 Å². The van der Waals surface area contributed by atoms with Gasteiger partial charge in [-0.05, 0) is 45.0 Å². The van der Waals surface area contributed by atoms with E-state index in [4.69, 9.17) is 0 Å². The largest absolute Gasteiger partial charge is 0.371 e. The third kappa shape index (κ3) is 4.62. The first-order chi connectivity index (χ1) is 13.9. The molecule has 0 unspecified atom stereocenters. The highest BCUT2D eigenvalue weighted by Crippen LogP contribution is 2.23. The van der Waals surface area contributed by atoms with Crippen LogP contribution in [0.5, 0.6) is 0 Å². The predicted molar refractivity (Wildman–Crippen MR) is 111 cm³/mol. The average Bonchev–Trinajstić information content (AvgIpc) is 3.00. The molecule has 0 aliphatic heterocycles. The molecule has 1 amide bonds. The molecule has 0 spiro atoms. The molecule has 3 aromatic rings. The Hall–Kier alpha value is -3.22. The normalized spacial score (nSPS) is 10.8. The Bertz CT molecular complexity index is 1000. The second-order valence-electron chi connectivity index (χ2n) is 6.77. The van der Waals surface area contributed by atoms with Gasteiger partial charge in [0.2, 0.25) is 5.91 Å². The SMILES string of the molecule is CCN(CCC(=O)Nc1c(C)nn(-c2ccccc2)c1C)c1ccc(F)c(F)c1. The molecule has 152 valence electrons. The first-order valence-corrected chi connectivity index (χ1v) is 9.52. The molecule has 0 fully saturated rings. The van der Waals surface area contributed by atoms with Gasteiger partial charge in [-0.3, -0.25) is 4.79 Å². The van der Waals surface area contributed by atoms with Crippen molar-refractivity contribution in [3.8, 4) is 5.69 Å². The molecule has 2 aromatic carbocycles. The maximum atomic E-state index is 13.5. The number of benzene rings is 2. The van der Waals surface area contributed by atoms with Crippen LogP contribution in [0.3, 0.4) is 0 Å². The third-order valence-corrected chi connectivity index (χ3v) is 4.82. The molecular formula is C22H24F2N4O. The first kappa shape index (κ1) is 20.5. The van der Waals surface area contributed by atoms with E-state index in [9.17, 15) is 13.6 Å². The number of amides is 1. The van der Waals surface area contributed by atoms with Crippen molar-refractivity contribution >= 4 is 17.3 Å². The molecule has 0 aliphatic carbocycles. The van der Waals surface area contributed by atoms with Gasteiger partial charge < -0.3 is 10.2 Å². The van der Waals surface area contributed by atoms with Gasteiger partial charge in [0.1, 0.15) is 0 Å². The molecule has 0 saturated carbocycles. The van der Waals surface area contributed by atoms with Crippen LogP contribution in [0.4, 0.5) is 20.2 Å².